The first-order valence-electron chi connectivity index (χ1n) is 11.1. The Kier molecular flexibility index (Phi) is 7.11. The number of hydrogen-bond donors (Lipinski definition) is 1. The molecule has 0 spiro atoms. The monoisotopic (exact) mass is 402 g/mol. The molecule has 0 aromatic carbocycles. The number of fused-ring (bicyclic) bond motifs is 1. The van der Waals surface area contributed by atoms with E-state index in [1.165, 1.54) is 0 Å². The molecule has 0 bridgehead atoms. The van der Waals surface area contributed by atoms with Gasteiger partial charge in [0.05, 0.1) is 17.7 Å². The average Bonchev–Trinajstić information content (AvgIpc) is 3.03. The van der Waals surface area contributed by atoms with Crippen LogP contribution in [0.15, 0.2) is 6.33 Å². The number of anilines is 1. The fourth-order valence-electron chi connectivity index (χ4n) is 4.53. The van der Waals surface area contributed by atoms with Gasteiger partial charge in [-0.3, -0.25) is 0 Å². The molecular weight excluding hydrogens is 364 g/mol. The molecule has 1 N–H and O–H groups in total. The van der Waals surface area contributed by atoms with Crippen LogP contribution in [0.25, 0.3) is 11.0 Å². The molecule has 0 aliphatic carbocycles. The van der Waals surface area contributed by atoms with Crippen LogP contribution in [0.2, 0.25) is 0 Å². The van der Waals surface area contributed by atoms with Crippen molar-refractivity contribution in [1.82, 2.24) is 24.6 Å². The van der Waals surface area contributed by atoms with Gasteiger partial charge in [0, 0.05) is 31.6 Å². The maximum atomic E-state index is 10.1. The van der Waals surface area contributed by atoms with Gasteiger partial charge in [0.1, 0.15) is 12.1 Å². The molecule has 7 nitrogen and oxygen atoms in total. The van der Waals surface area contributed by atoms with Gasteiger partial charge in [0.15, 0.2) is 5.65 Å². The van der Waals surface area contributed by atoms with Crippen molar-refractivity contribution in [3.63, 3.8) is 0 Å². The smallest absolute Gasteiger partial charge is 0.163 e. The van der Waals surface area contributed by atoms with Gasteiger partial charge in [-0.2, -0.15) is 5.10 Å². The lowest BCUT2D eigenvalue weighted by Crippen LogP contribution is -2.47. The molecular formula is C22H38N6O. The van der Waals surface area contributed by atoms with E-state index in [1.807, 2.05) is 0 Å². The molecule has 0 amide bonds. The second-order valence-electron chi connectivity index (χ2n) is 9.40. The molecule has 3 heterocycles. The molecule has 7 heteroatoms. The minimum Gasteiger partial charge on any atom is -0.396 e. The van der Waals surface area contributed by atoms with Gasteiger partial charge >= 0.3 is 0 Å². The highest BCUT2D eigenvalue weighted by atomic mass is 16.3. The standard InChI is InChI=1S/C22H38N6O/c1-6-7-10-28-21-19(18(25-28)13-17(2)3)20(23-16-24-21)27-11-8-22(15-29,9-12-27)14-26(4)5/h16-17,29H,6-15H2,1-5H3. The van der Waals surface area contributed by atoms with E-state index in [9.17, 15) is 5.11 Å². The number of hydrogen-bond acceptors (Lipinski definition) is 6. The summed E-state index contributed by atoms with van der Waals surface area (Å²) in [5.41, 5.74) is 2.07. The van der Waals surface area contributed by atoms with Crippen LogP contribution < -0.4 is 4.90 Å². The Hall–Kier alpha value is -1.73. The van der Waals surface area contributed by atoms with Crippen molar-refractivity contribution in [1.29, 1.82) is 0 Å². The number of nitrogens with zero attached hydrogens (tertiary/aromatic N) is 6. The fraction of sp³-hybridized carbons (Fsp3) is 0.773. The minimum atomic E-state index is -0.0157. The zero-order valence-electron chi connectivity index (χ0n) is 18.9. The number of rotatable bonds is 9. The van der Waals surface area contributed by atoms with E-state index in [1.54, 1.807) is 6.33 Å². The van der Waals surface area contributed by atoms with Crippen LogP contribution in [0.3, 0.4) is 0 Å². The quantitative estimate of drug-likeness (QED) is 0.695. The Morgan fingerprint density at radius 1 is 1.21 bits per heavy atom. The summed E-state index contributed by atoms with van der Waals surface area (Å²) in [6, 6.07) is 0. The number of piperidine rings is 1. The third-order valence-electron chi connectivity index (χ3n) is 6.02. The molecule has 0 radical (unpaired) electrons. The van der Waals surface area contributed by atoms with Crippen molar-refractivity contribution in [3.8, 4) is 0 Å². The van der Waals surface area contributed by atoms with Crippen molar-refractivity contribution in [3.05, 3.63) is 12.0 Å². The summed E-state index contributed by atoms with van der Waals surface area (Å²) >= 11 is 0. The first-order chi connectivity index (χ1) is 13.9. The van der Waals surface area contributed by atoms with Gasteiger partial charge in [0.25, 0.3) is 0 Å². The molecule has 1 saturated heterocycles. The van der Waals surface area contributed by atoms with Gasteiger partial charge in [-0.1, -0.05) is 27.2 Å². The molecule has 1 aliphatic rings. The zero-order valence-corrected chi connectivity index (χ0v) is 18.9. The Bertz CT molecular complexity index is 792. The maximum Gasteiger partial charge on any atom is 0.163 e. The van der Waals surface area contributed by atoms with Gasteiger partial charge in [-0.15, -0.1) is 0 Å². The van der Waals surface area contributed by atoms with Crippen LogP contribution in [-0.4, -0.2) is 70.1 Å². The minimum absolute atomic E-state index is 0.0157. The van der Waals surface area contributed by atoms with E-state index in [0.29, 0.717) is 5.92 Å². The number of unbranched alkanes of at least 4 members (excludes halogenated alkanes) is 1. The van der Waals surface area contributed by atoms with Crippen LogP contribution in [0.4, 0.5) is 5.82 Å². The van der Waals surface area contributed by atoms with Crippen molar-refractivity contribution in [2.24, 2.45) is 11.3 Å². The highest BCUT2D eigenvalue weighted by Crippen LogP contribution is 2.36. The Morgan fingerprint density at radius 3 is 2.52 bits per heavy atom. The molecule has 2 aromatic rings. The number of aliphatic hydroxyl groups is 1. The van der Waals surface area contributed by atoms with E-state index in [4.69, 9.17) is 10.1 Å². The van der Waals surface area contributed by atoms with Crippen molar-refractivity contribution in [2.75, 3.05) is 45.2 Å². The van der Waals surface area contributed by atoms with Gasteiger partial charge in [-0.05, 0) is 45.7 Å². The molecule has 3 rings (SSSR count). The molecule has 1 fully saturated rings. The highest BCUT2D eigenvalue weighted by Gasteiger charge is 2.35. The first kappa shape index (κ1) is 22.0. The Labute approximate surface area is 175 Å². The van der Waals surface area contributed by atoms with E-state index < -0.39 is 0 Å². The van der Waals surface area contributed by atoms with Gasteiger partial charge < -0.3 is 14.9 Å². The summed E-state index contributed by atoms with van der Waals surface area (Å²) in [4.78, 5) is 13.9. The second-order valence-corrected chi connectivity index (χ2v) is 9.40. The predicted molar refractivity (Wildman–Crippen MR) is 118 cm³/mol. The summed E-state index contributed by atoms with van der Waals surface area (Å²) < 4.78 is 2.08. The largest absolute Gasteiger partial charge is 0.396 e. The Morgan fingerprint density at radius 2 is 1.93 bits per heavy atom. The van der Waals surface area contributed by atoms with Crippen LogP contribution in [0.5, 0.6) is 0 Å². The van der Waals surface area contributed by atoms with E-state index in [-0.39, 0.29) is 12.0 Å². The molecule has 1 aliphatic heterocycles. The lowest BCUT2D eigenvalue weighted by atomic mass is 9.78. The van der Waals surface area contributed by atoms with Crippen LogP contribution >= 0.6 is 0 Å². The van der Waals surface area contributed by atoms with Crippen molar-refractivity contribution in [2.45, 2.75) is 59.4 Å². The summed E-state index contributed by atoms with van der Waals surface area (Å²) in [5.74, 6) is 1.55. The predicted octanol–water partition coefficient (Wildman–Crippen LogP) is 2.97. The Balaban J connectivity index is 1.92. The average molecular weight is 403 g/mol. The lowest BCUT2D eigenvalue weighted by molar-refractivity contribution is 0.0676. The molecule has 29 heavy (non-hydrogen) atoms. The number of aryl methyl sites for hydroxylation is 1. The topological polar surface area (TPSA) is 70.3 Å². The molecule has 0 saturated carbocycles. The third-order valence-corrected chi connectivity index (χ3v) is 6.02. The SMILES string of the molecule is CCCCn1nc(CC(C)C)c2c(N3CCC(CO)(CN(C)C)CC3)ncnc21. The van der Waals surface area contributed by atoms with E-state index >= 15 is 0 Å². The third kappa shape index (κ3) is 4.89. The van der Waals surface area contributed by atoms with E-state index in [2.05, 4.69) is 54.3 Å². The zero-order chi connectivity index (χ0) is 21.0. The fourth-order valence-corrected chi connectivity index (χ4v) is 4.53. The van der Waals surface area contributed by atoms with Crippen LogP contribution in [-0.2, 0) is 13.0 Å². The number of aromatic nitrogens is 4. The summed E-state index contributed by atoms with van der Waals surface area (Å²) in [7, 11) is 4.17. The van der Waals surface area contributed by atoms with Crippen molar-refractivity contribution < 1.29 is 5.11 Å². The van der Waals surface area contributed by atoms with Gasteiger partial charge in [0.2, 0.25) is 0 Å². The van der Waals surface area contributed by atoms with Crippen LogP contribution in [0.1, 0.15) is 52.1 Å². The maximum absolute atomic E-state index is 10.1. The second kappa shape index (κ2) is 9.39. The van der Waals surface area contributed by atoms with Gasteiger partial charge in [-0.25, -0.2) is 14.6 Å². The van der Waals surface area contributed by atoms with Crippen molar-refractivity contribution >= 4 is 16.9 Å². The summed E-state index contributed by atoms with van der Waals surface area (Å²) in [5, 5.41) is 16.1. The molecule has 0 unspecified atom stereocenters. The molecule has 2 aromatic heterocycles. The highest BCUT2D eigenvalue weighted by molar-refractivity contribution is 5.90. The first-order valence-corrected chi connectivity index (χ1v) is 11.1. The summed E-state index contributed by atoms with van der Waals surface area (Å²) in [6.45, 7) is 10.5. The molecule has 162 valence electrons. The molecule has 0 atom stereocenters. The van der Waals surface area contributed by atoms with Crippen LogP contribution in [0, 0.1) is 11.3 Å². The summed E-state index contributed by atoms with van der Waals surface area (Å²) in [6.07, 6.45) is 6.80. The lowest BCUT2D eigenvalue weighted by Gasteiger charge is -2.42. The number of aliphatic hydroxyl groups excluding tert-OH is 1. The normalized spacial score (nSPS) is 17.0. The van der Waals surface area contributed by atoms with E-state index in [0.717, 1.165) is 80.8 Å².